The van der Waals surface area contributed by atoms with E-state index in [-0.39, 0.29) is 28.5 Å². The van der Waals surface area contributed by atoms with Gasteiger partial charge >= 0.3 is 0 Å². The number of sulfonamides is 1. The van der Waals surface area contributed by atoms with Gasteiger partial charge in [-0.1, -0.05) is 0 Å². The molecule has 2 rings (SSSR count). The summed E-state index contributed by atoms with van der Waals surface area (Å²) in [5.41, 5.74) is 0.991. The number of aliphatic hydroxyl groups is 1. The fourth-order valence-corrected chi connectivity index (χ4v) is 3.64. The number of halogens is 1. The maximum Gasteiger partial charge on any atom is 0.244 e. The van der Waals surface area contributed by atoms with Crippen LogP contribution < -0.4 is 4.72 Å². The number of nitrogens with one attached hydrogen (secondary N) is 1. The van der Waals surface area contributed by atoms with E-state index < -0.39 is 10.0 Å². The Hall–Kier alpha value is -1.22. The second-order valence-electron chi connectivity index (χ2n) is 4.01. The number of hydrogen-bond acceptors (Lipinski definition) is 5. The first kappa shape index (κ1) is 15.2. The number of hydrogen-bond donors (Lipinski definition) is 2. The number of aromatic nitrogens is 1. The summed E-state index contributed by atoms with van der Waals surface area (Å²) >= 11 is 3.03. The molecule has 0 aromatic carbocycles. The highest BCUT2D eigenvalue weighted by Crippen LogP contribution is 2.25. The van der Waals surface area contributed by atoms with Gasteiger partial charge in [-0.25, -0.2) is 13.1 Å². The molecular weight excluding hydrogens is 348 g/mol. The zero-order valence-corrected chi connectivity index (χ0v) is 12.8. The molecule has 2 N–H and O–H groups in total. The van der Waals surface area contributed by atoms with Crippen molar-refractivity contribution in [2.75, 3.05) is 6.54 Å². The smallest absolute Gasteiger partial charge is 0.244 e. The first-order valence-corrected chi connectivity index (χ1v) is 8.08. The summed E-state index contributed by atoms with van der Waals surface area (Å²) in [6, 6.07) is 4.94. The molecular formula is C12H13BrN2O4S. The van der Waals surface area contributed by atoms with Gasteiger partial charge in [0.05, 0.1) is 0 Å². The summed E-state index contributed by atoms with van der Waals surface area (Å²) in [6.45, 7) is -0.0937. The van der Waals surface area contributed by atoms with Gasteiger partial charge in [-0.3, -0.25) is 4.98 Å². The largest absolute Gasteiger partial charge is 0.450 e. The minimum atomic E-state index is -3.67. The topological polar surface area (TPSA) is 92.4 Å². The van der Waals surface area contributed by atoms with Crippen LogP contribution in [-0.2, 0) is 23.1 Å². The Morgan fingerprint density at radius 1 is 1.35 bits per heavy atom. The standard InChI is InChI=1S/C12H13BrN2O4S/c13-12-11(7-10(8-16)19-12)20(17,18)15-6-3-9-1-4-14-5-2-9/h1-2,4-5,7,15-16H,3,6,8H2. The normalized spacial score (nSPS) is 11.7. The minimum Gasteiger partial charge on any atom is -0.450 e. The van der Waals surface area contributed by atoms with E-state index in [1.165, 1.54) is 6.07 Å². The minimum absolute atomic E-state index is 0.0173. The molecule has 0 saturated heterocycles. The molecule has 0 saturated carbocycles. The molecule has 108 valence electrons. The van der Waals surface area contributed by atoms with Crippen LogP contribution in [0.2, 0.25) is 0 Å². The average molecular weight is 361 g/mol. The van der Waals surface area contributed by atoms with Gasteiger partial charge in [-0.15, -0.1) is 0 Å². The van der Waals surface area contributed by atoms with Crippen LogP contribution in [-0.4, -0.2) is 25.1 Å². The predicted octanol–water partition coefficient (Wildman–Crippen LogP) is 1.45. The van der Waals surface area contributed by atoms with Crippen LogP contribution in [0.1, 0.15) is 11.3 Å². The summed E-state index contributed by atoms with van der Waals surface area (Å²) in [4.78, 5) is 3.88. The molecule has 2 aromatic rings. The van der Waals surface area contributed by atoms with Crippen LogP contribution in [0.4, 0.5) is 0 Å². The zero-order chi connectivity index (χ0) is 14.6. The molecule has 2 aromatic heterocycles. The highest BCUT2D eigenvalue weighted by atomic mass is 79.9. The fourth-order valence-electron chi connectivity index (χ4n) is 1.62. The van der Waals surface area contributed by atoms with Gasteiger partial charge in [-0.05, 0) is 40.0 Å². The quantitative estimate of drug-likeness (QED) is 0.813. The van der Waals surface area contributed by atoms with Crippen molar-refractivity contribution >= 4 is 26.0 Å². The van der Waals surface area contributed by atoms with E-state index in [4.69, 9.17) is 9.52 Å². The van der Waals surface area contributed by atoms with Crippen molar-refractivity contribution in [2.45, 2.75) is 17.9 Å². The van der Waals surface area contributed by atoms with Gasteiger partial charge in [0.15, 0.2) is 4.67 Å². The van der Waals surface area contributed by atoms with Crippen molar-refractivity contribution in [1.29, 1.82) is 0 Å². The van der Waals surface area contributed by atoms with Crippen molar-refractivity contribution in [2.24, 2.45) is 0 Å². The SMILES string of the molecule is O=S(=O)(NCCc1ccncc1)c1cc(CO)oc1Br. The molecule has 0 aliphatic carbocycles. The number of pyridine rings is 1. The van der Waals surface area contributed by atoms with Crippen molar-refractivity contribution in [3.63, 3.8) is 0 Å². The van der Waals surface area contributed by atoms with Gasteiger partial charge in [-0.2, -0.15) is 0 Å². The molecule has 20 heavy (non-hydrogen) atoms. The van der Waals surface area contributed by atoms with Gasteiger partial charge in [0, 0.05) is 25.0 Å². The molecule has 8 heteroatoms. The Balaban J connectivity index is 2.02. The second kappa shape index (κ2) is 6.49. The summed E-state index contributed by atoms with van der Waals surface area (Å²) in [7, 11) is -3.67. The molecule has 0 amide bonds. The van der Waals surface area contributed by atoms with Crippen LogP contribution >= 0.6 is 15.9 Å². The van der Waals surface area contributed by atoms with Gasteiger partial charge in [0.2, 0.25) is 10.0 Å². The summed E-state index contributed by atoms with van der Waals surface area (Å²) in [5, 5.41) is 8.93. The number of rotatable bonds is 6. The molecule has 0 unspecified atom stereocenters. The Kier molecular flexibility index (Phi) is 4.92. The molecule has 0 atom stereocenters. The number of aliphatic hydroxyl groups excluding tert-OH is 1. The van der Waals surface area contributed by atoms with E-state index in [0.29, 0.717) is 6.42 Å². The van der Waals surface area contributed by atoms with E-state index in [2.05, 4.69) is 25.6 Å². The van der Waals surface area contributed by atoms with Crippen LogP contribution in [0.25, 0.3) is 0 Å². The summed E-state index contributed by atoms with van der Waals surface area (Å²) < 4.78 is 31.8. The average Bonchev–Trinajstić information content (AvgIpc) is 2.82. The third-order valence-corrected chi connectivity index (χ3v) is 4.92. The highest BCUT2D eigenvalue weighted by Gasteiger charge is 2.21. The first-order valence-electron chi connectivity index (χ1n) is 5.80. The molecule has 0 radical (unpaired) electrons. The van der Waals surface area contributed by atoms with Crippen molar-refractivity contribution < 1.29 is 17.9 Å². The van der Waals surface area contributed by atoms with Crippen molar-refractivity contribution in [1.82, 2.24) is 9.71 Å². The third-order valence-electron chi connectivity index (χ3n) is 2.61. The Morgan fingerprint density at radius 3 is 2.65 bits per heavy atom. The lowest BCUT2D eigenvalue weighted by Gasteiger charge is -2.05. The van der Waals surface area contributed by atoms with Gasteiger partial charge in [0.25, 0.3) is 0 Å². The first-order chi connectivity index (χ1) is 9.53. The van der Waals surface area contributed by atoms with Crippen LogP contribution in [0.5, 0.6) is 0 Å². The van der Waals surface area contributed by atoms with E-state index in [0.717, 1.165) is 5.56 Å². The second-order valence-corrected chi connectivity index (χ2v) is 6.47. The van der Waals surface area contributed by atoms with E-state index in [9.17, 15) is 8.42 Å². The van der Waals surface area contributed by atoms with E-state index >= 15 is 0 Å². The third kappa shape index (κ3) is 3.66. The van der Waals surface area contributed by atoms with Gasteiger partial charge < -0.3 is 9.52 Å². The molecule has 0 bridgehead atoms. The van der Waals surface area contributed by atoms with E-state index in [1.807, 2.05) is 12.1 Å². The lowest BCUT2D eigenvalue weighted by Crippen LogP contribution is -2.25. The Labute approximate surface area is 125 Å². The van der Waals surface area contributed by atoms with Crippen LogP contribution in [0.3, 0.4) is 0 Å². The molecule has 0 fully saturated rings. The summed E-state index contributed by atoms with van der Waals surface area (Å²) in [6.07, 6.45) is 3.87. The molecule has 0 aliphatic heterocycles. The van der Waals surface area contributed by atoms with Crippen LogP contribution in [0.15, 0.2) is 44.6 Å². The lowest BCUT2D eigenvalue weighted by atomic mass is 10.2. The monoisotopic (exact) mass is 360 g/mol. The van der Waals surface area contributed by atoms with Crippen LogP contribution in [0, 0.1) is 0 Å². The molecule has 0 aliphatic rings. The fraction of sp³-hybridized carbons (Fsp3) is 0.250. The summed E-state index contributed by atoms with van der Waals surface area (Å²) in [5.74, 6) is 0.186. The Morgan fingerprint density at radius 2 is 2.05 bits per heavy atom. The Bertz CT molecular complexity index is 670. The van der Waals surface area contributed by atoms with Crippen molar-refractivity contribution in [3.8, 4) is 0 Å². The zero-order valence-electron chi connectivity index (χ0n) is 10.4. The predicted molar refractivity (Wildman–Crippen MR) is 75.5 cm³/mol. The molecule has 2 heterocycles. The maximum atomic E-state index is 12.1. The molecule has 0 spiro atoms. The maximum absolute atomic E-state index is 12.1. The van der Waals surface area contributed by atoms with Gasteiger partial charge in [0.1, 0.15) is 17.3 Å². The molecule has 6 nitrogen and oxygen atoms in total. The highest BCUT2D eigenvalue weighted by molar-refractivity contribution is 9.10. The van der Waals surface area contributed by atoms with Crippen molar-refractivity contribution in [3.05, 3.63) is 46.6 Å². The number of nitrogens with zero attached hydrogens (tertiary/aromatic N) is 1. The van der Waals surface area contributed by atoms with E-state index in [1.54, 1.807) is 12.4 Å². The number of furan rings is 1. The lowest BCUT2D eigenvalue weighted by molar-refractivity contribution is 0.245.